The van der Waals surface area contributed by atoms with Gasteiger partial charge in [-0.05, 0) is 39.8 Å². The summed E-state index contributed by atoms with van der Waals surface area (Å²) in [4.78, 5) is 22.6. The minimum atomic E-state index is 0.145. The van der Waals surface area contributed by atoms with Crippen LogP contribution in [0.1, 0.15) is 32.4 Å². The van der Waals surface area contributed by atoms with Crippen LogP contribution in [0.4, 0.5) is 0 Å². The van der Waals surface area contributed by atoms with Crippen molar-refractivity contribution in [2.45, 2.75) is 39.3 Å². The minimum Gasteiger partial charge on any atom is -0.350 e. The largest absolute Gasteiger partial charge is 0.350 e. The van der Waals surface area contributed by atoms with Crippen molar-refractivity contribution in [3.8, 4) is 0 Å². The second-order valence-corrected chi connectivity index (χ2v) is 5.32. The number of aromatic nitrogens is 2. The maximum absolute atomic E-state index is 12.1. The lowest BCUT2D eigenvalue weighted by atomic mass is 9.95. The number of piperidine rings is 1. The molecule has 1 N–H and O–H groups in total. The molecule has 5 nitrogen and oxygen atoms in total. The first-order valence-electron chi connectivity index (χ1n) is 6.93. The van der Waals surface area contributed by atoms with Gasteiger partial charge in [-0.25, -0.2) is 0 Å². The van der Waals surface area contributed by atoms with Crippen molar-refractivity contribution >= 4 is 5.91 Å². The van der Waals surface area contributed by atoms with Crippen LogP contribution in [0.2, 0.25) is 0 Å². The highest BCUT2D eigenvalue weighted by molar-refractivity contribution is 5.78. The van der Waals surface area contributed by atoms with Crippen molar-refractivity contribution in [3.05, 3.63) is 24.3 Å². The zero-order chi connectivity index (χ0) is 13.7. The van der Waals surface area contributed by atoms with Gasteiger partial charge in [0.25, 0.3) is 0 Å². The number of rotatable bonds is 4. The average molecular weight is 262 g/mol. The van der Waals surface area contributed by atoms with Crippen LogP contribution in [-0.2, 0) is 11.3 Å². The molecule has 0 unspecified atom stereocenters. The second kappa shape index (κ2) is 6.61. The van der Waals surface area contributed by atoms with Gasteiger partial charge < -0.3 is 10.2 Å². The Hall–Kier alpha value is -1.49. The lowest BCUT2D eigenvalue weighted by molar-refractivity contribution is -0.126. The minimum absolute atomic E-state index is 0.145. The Balaban J connectivity index is 1.76. The average Bonchev–Trinajstić information content (AvgIpc) is 2.46. The molecule has 1 aromatic heterocycles. The molecule has 2 rings (SSSR count). The molecule has 0 spiro atoms. The first-order valence-corrected chi connectivity index (χ1v) is 6.93. The molecule has 1 aliphatic heterocycles. The van der Waals surface area contributed by atoms with Crippen LogP contribution in [0.5, 0.6) is 0 Å². The van der Waals surface area contributed by atoms with Crippen LogP contribution in [-0.4, -0.2) is 39.9 Å². The number of carbonyl (C=O) groups excluding carboxylic acids is 1. The monoisotopic (exact) mass is 262 g/mol. The van der Waals surface area contributed by atoms with Gasteiger partial charge in [0.15, 0.2) is 0 Å². The molecule has 0 saturated carbocycles. The molecule has 2 heterocycles. The second-order valence-electron chi connectivity index (χ2n) is 5.32. The molecule has 1 fully saturated rings. The zero-order valence-corrected chi connectivity index (χ0v) is 11.7. The Morgan fingerprint density at radius 1 is 1.42 bits per heavy atom. The van der Waals surface area contributed by atoms with E-state index in [0.717, 1.165) is 31.6 Å². The Bertz CT molecular complexity index is 399. The summed E-state index contributed by atoms with van der Waals surface area (Å²) in [5.74, 6) is 0.292. The van der Waals surface area contributed by atoms with Gasteiger partial charge in [-0.2, -0.15) is 0 Å². The number of nitrogens with zero attached hydrogens (tertiary/aromatic N) is 3. The highest BCUT2D eigenvalue weighted by Crippen LogP contribution is 2.18. The lowest BCUT2D eigenvalue weighted by Gasteiger charge is -2.33. The number of amides is 1. The van der Waals surface area contributed by atoms with Gasteiger partial charge in [-0.15, -0.1) is 0 Å². The Morgan fingerprint density at radius 2 is 2.16 bits per heavy atom. The fraction of sp³-hybridized carbons (Fsp3) is 0.643. The first-order chi connectivity index (χ1) is 9.16. The molecule has 1 saturated heterocycles. The molecule has 5 heteroatoms. The third-order valence-corrected chi connectivity index (χ3v) is 3.69. The summed E-state index contributed by atoms with van der Waals surface area (Å²) in [5, 5.41) is 2.95. The van der Waals surface area contributed by atoms with Crippen molar-refractivity contribution in [2.75, 3.05) is 13.1 Å². The highest BCUT2D eigenvalue weighted by Gasteiger charge is 2.25. The highest BCUT2D eigenvalue weighted by atomic mass is 16.1. The van der Waals surface area contributed by atoms with E-state index in [-0.39, 0.29) is 11.8 Å². The SMILES string of the molecule is CC(C)N1CCC(C(=O)NCc2cnccn2)CC1. The van der Waals surface area contributed by atoms with Gasteiger partial charge in [0.1, 0.15) is 0 Å². The van der Waals surface area contributed by atoms with Crippen LogP contribution in [0.15, 0.2) is 18.6 Å². The van der Waals surface area contributed by atoms with Gasteiger partial charge in [0, 0.05) is 24.4 Å². The van der Waals surface area contributed by atoms with Crippen molar-refractivity contribution in [2.24, 2.45) is 5.92 Å². The number of hydrogen-bond acceptors (Lipinski definition) is 4. The first kappa shape index (κ1) is 13.9. The Kier molecular flexibility index (Phi) is 4.85. The van der Waals surface area contributed by atoms with E-state index in [1.807, 2.05) is 0 Å². The van der Waals surface area contributed by atoms with Crippen molar-refractivity contribution in [1.82, 2.24) is 20.2 Å². The van der Waals surface area contributed by atoms with E-state index >= 15 is 0 Å². The number of likely N-dealkylation sites (tertiary alicyclic amines) is 1. The maximum atomic E-state index is 12.1. The van der Waals surface area contributed by atoms with E-state index in [2.05, 4.69) is 34.0 Å². The van der Waals surface area contributed by atoms with E-state index in [1.165, 1.54) is 0 Å². The van der Waals surface area contributed by atoms with Crippen molar-refractivity contribution < 1.29 is 4.79 Å². The van der Waals surface area contributed by atoms with Gasteiger partial charge in [0.2, 0.25) is 5.91 Å². The lowest BCUT2D eigenvalue weighted by Crippen LogP contribution is -2.43. The zero-order valence-electron chi connectivity index (χ0n) is 11.7. The molecule has 0 bridgehead atoms. The third-order valence-electron chi connectivity index (χ3n) is 3.69. The molecule has 1 amide bonds. The van der Waals surface area contributed by atoms with Gasteiger partial charge >= 0.3 is 0 Å². The molecule has 19 heavy (non-hydrogen) atoms. The van der Waals surface area contributed by atoms with Gasteiger partial charge in [-0.3, -0.25) is 14.8 Å². The van der Waals surface area contributed by atoms with E-state index in [9.17, 15) is 4.79 Å². The predicted molar refractivity (Wildman–Crippen MR) is 73.3 cm³/mol. The van der Waals surface area contributed by atoms with Crippen LogP contribution in [0.3, 0.4) is 0 Å². The van der Waals surface area contributed by atoms with E-state index < -0.39 is 0 Å². The summed E-state index contributed by atoms with van der Waals surface area (Å²) in [7, 11) is 0. The molecular weight excluding hydrogens is 240 g/mol. The normalized spacial score (nSPS) is 17.6. The fourth-order valence-electron chi connectivity index (χ4n) is 2.42. The molecule has 0 aromatic carbocycles. The van der Waals surface area contributed by atoms with Crippen LogP contribution >= 0.6 is 0 Å². The molecule has 0 aliphatic carbocycles. The van der Waals surface area contributed by atoms with Crippen LogP contribution < -0.4 is 5.32 Å². The number of hydrogen-bond donors (Lipinski definition) is 1. The molecule has 1 aliphatic rings. The fourth-order valence-corrected chi connectivity index (χ4v) is 2.42. The molecular formula is C14H22N4O. The summed E-state index contributed by atoms with van der Waals surface area (Å²) in [6.07, 6.45) is 6.85. The quantitative estimate of drug-likeness (QED) is 0.886. The van der Waals surface area contributed by atoms with Crippen molar-refractivity contribution in [3.63, 3.8) is 0 Å². The Labute approximate surface area is 114 Å². The summed E-state index contributed by atoms with van der Waals surface area (Å²) in [6.45, 7) is 6.90. The summed E-state index contributed by atoms with van der Waals surface area (Å²) < 4.78 is 0. The van der Waals surface area contributed by atoms with Gasteiger partial charge in [-0.1, -0.05) is 0 Å². The molecule has 104 valence electrons. The number of carbonyl (C=O) groups is 1. The van der Waals surface area contributed by atoms with Crippen LogP contribution in [0.25, 0.3) is 0 Å². The molecule has 0 radical (unpaired) electrons. The Morgan fingerprint density at radius 3 is 2.74 bits per heavy atom. The predicted octanol–water partition coefficient (Wildman–Crippen LogP) is 1.21. The summed E-state index contributed by atoms with van der Waals surface area (Å²) in [5.41, 5.74) is 0.801. The van der Waals surface area contributed by atoms with E-state index in [1.54, 1.807) is 18.6 Å². The van der Waals surface area contributed by atoms with Crippen molar-refractivity contribution in [1.29, 1.82) is 0 Å². The van der Waals surface area contributed by atoms with Crippen LogP contribution in [0, 0.1) is 5.92 Å². The van der Waals surface area contributed by atoms with Gasteiger partial charge in [0.05, 0.1) is 18.4 Å². The summed E-state index contributed by atoms with van der Waals surface area (Å²) in [6, 6.07) is 0.573. The smallest absolute Gasteiger partial charge is 0.223 e. The summed E-state index contributed by atoms with van der Waals surface area (Å²) >= 11 is 0. The number of nitrogens with one attached hydrogen (secondary N) is 1. The van der Waals surface area contributed by atoms with E-state index in [4.69, 9.17) is 0 Å². The van der Waals surface area contributed by atoms with E-state index in [0.29, 0.717) is 12.6 Å². The standard InChI is InChI=1S/C14H22N4O/c1-11(2)18-7-3-12(4-8-18)14(19)17-10-13-9-15-5-6-16-13/h5-6,9,11-12H,3-4,7-8,10H2,1-2H3,(H,17,19). The third kappa shape index (κ3) is 3.99. The maximum Gasteiger partial charge on any atom is 0.223 e. The molecule has 0 atom stereocenters. The molecule has 1 aromatic rings. The topological polar surface area (TPSA) is 58.1 Å².